The van der Waals surface area contributed by atoms with Gasteiger partial charge in [0.15, 0.2) is 0 Å². The molecule has 1 N–H and O–H groups in total. The molecule has 1 aliphatic carbocycles. The molecule has 0 unspecified atom stereocenters. The Labute approximate surface area is 113 Å². The highest BCUT2D eigenvalue weighted by Gasteiger charge is 2.22. The molecule has 2 aromatic carbocycles. The Morgan fingerprint density at radius 3 is 2.21 bits per heavy atom. The number of carbonyl (C=O) groups excluding carboxylic acids is 1. The first-order valence-corrected chi connectivity index (χ1v) is 6.70. The Bertz CT molecular complexity index is 580. The van der Waals surface area contributed by atoms with Crippen molar-refractivity contribution in [2.24, 2.45) is 0 Å². The van der Waals surface area contributed by atoms with Crippen LogP contribution in [0.25, 0.3) is 0 Å². The van der Waals surface area contributed by atoms with E-state index in [0.717, 1.165) is 17.2 Å². The number of aryl methyl sites for hydroxylation is 1. The molecular weight excluding hydrogens is 234 g/mol. The maximum Gasteiger partial charge on any atom is 0.255 e. The smallest absolute Gasteiger partial charge is 0.255 e. The van der Waals surface area contributed by atoms with Crippen LogP contribution in [0.15, 0.2) is 48.5 Å². The van der Waals surface area contributed by atoms with Gasteiger partial charge in [0.2, 0.25) is 0 Å². The van der Waals surface area contributed by atoms with E-state index in [4.69, 9.17) is 0 Å². The SMILES string of the molecule is Cc1ccc(C(=O)Nc2ccc(C3CC3)cc2)cc1. The van der Waals surface area contributed by atoms with E-state index in [-0.39, 0.29) is 5.91 Å². The second-order valence-electron chi connectivity index (χ2n) is 5.22. The molecule has 0 aromatic heterocycles. The van der Waals surface area contributed by atoms with Crippen LogP contribution in [0, 0.1) is 6.92 Å². The minimum absolute atomic E-state index is 0.0563. The average molecular weight is 251 g/mol. The fourth-order valence-electron chi connectivity index (χ4n) is 2.16. The number of carbonyl (C=O) groups is 1. The lowest BCUT2D eigenvalue weighted by Gasteiger charge is -2.06. The van der Waals surface area contributed by atoms with Crippen molar-refractivity contribution >= 4 is 11.6 Å². The minimum atomic E-state index is -0.0563. The largest absolute Gasteiger partial charge is 0.322 e. The molecule has 0 spiro atoms. The maximum atomic E-state index is 12.0. The molecule has 1 fully saturated rings. The summed E-state index contributed by atoms with van der Waals surface area (Å²) in [6.45, 7) is 2.01. The van der Waals surface area contributed by atoms with E-state index < -0.39 is 0 Å². The van der Waals surface area contributed by atoms with Crippen LogP contribution in [0.2, 0.25) is 0 Å². The number of hydrogen-bond acceptors (Lipinski definition) is 1. The summed E-state index contributed by atoms with van der Waals surface area (Å²) in [5.41, 5.74) is 4.09. The number of benzene rings is 2. The van der Waals surface area contributed by atoms with E-state index in [1.54, 1.807) is 0 Å². The molecule has 2 heteroatoms. The standard InChI is InChI=1S/C17H17NO/c1-12-2-4-15(5-3-12)17(19)18-16-10-8-14(9-11-16)13-6-7-13/h2-5,8-11,13H,6-7H2,1H3,(H,18,19). The summed E-state index contributed by atoms with van der Waals surface area (Å²) in [7, 11) is 0. The van der Waals surface area contributed by atoms with Crippen molar-refractivity contribution in [2.75, 3.05) is 5.32 Å². The van der Waals surface area contributed by atoms with E-state index in [1.165, 1.54) is 18.4 Å². The highest BCUT2D eigenvalue weighted by atomic mass is 16.1. The molecule has 0 saturated heterocycles. The fraction of sp³-hybridized carbons (Fsp3) is 0.235. The molecule has 0 bridgehead atoms. The molecule has 0 radical (unpaired) electrons. The quantitative estimate of drug-likeness (QED) is 0.873. The molecule has 0 atom stereocenters. The van der Waals surface area contributed by atoms with Gasteiger partial charge in [0.1, 0.15) is 0 Å². The molecule has 0 aliphatic heterocycles. The van der Waals surface area contributed by atoms with E-state index in [0.29, 0.717) is 5.56 Å². The Balaban J connectivity index is 1.69. The predicted octanol–water partition coefficient (Wildman–Crippen LogP) is 4.12. The van der Waals surface area contributed by atoms with E-state index in [1.807, 2.05) is 43.3 Å². The van der Waals surface area contributed by atoms with Gasteiger partial charge >= 0.3 is 0 Å². The summed E-state index contributed by atoms with van der Waals surface area (Å²) in [5, 5.41) is 2.93. The zero-order valence-electron chi connectivity index (χ0n) is 11.0. The monoisotopic (exact) mass is 251 g/mol. The highest BCUT2D eigenvalue weighted by molar-refractivity contribution is 6.04. The molecular formula is C17H17NO. The van der Waals surface area contributed by atoms with Crippen molar-refractivity contribution in [3.05, 3.63) is 65.2 Å². The summed E-state index contributed by atoms with van der Waals surface area (Å²) in [5.74, 6) is 0.695. The molecule has 1 amide bonds. The summed E-state index contributed by atoms with van der Waals surface area (Å²) in [4.78, 5) is 12.0. The highest BCUT2D eigenvalue weighted by Crippen LogP contribution is 2.40. The third-order valence-corrected chi connectivity index (χ3v) is 3.53. The summed E-state index contributed by atoms with van der Waals surface area (Å²) in [6.07, 6.45) is 2.60. The maximum absolute atomic E-state index is 12.0. The van der Waals surface area contributed by atoms with Crippen molar-refractivity contribution < 1.29 is 4.79 Å². The Morgan fingerprint density at radius 1 is 1.00 bits per heavy atom. The van der Waals surface area contributed by atoms with Crippen LogP contribution in [-0.4, -0.2) is 5.91 Å². The van der Waals surface area contributed by atoms with Crippen molar-refractivity contribution in [1.82, 2.24) is 0 Å². The third kappa shape index (κ3) is 2.84. The van der Waals surface area contributed by atoms with Crippen LogP contribution in [0.3, 0.4) is 0 Å². The molecule has 96 valence electrons. The van der Waals surface area contributed by atoms with E-state index in [2.05, 4.69) is 17.4 Å². The summed E-state index contributed by atoms with van der Waals surface area (Å²) >= 11 is 0. The van der Waals surface area contributed by atoms with Crippen molar-refractivity contribution in [3.63, 3.8) is 0 Å². The normalized spacial score (nSPS) is 14.2. The second-order valence-corrected chi connectivity index (χ2v) is 5.22. The lowest BCUT2D eigenvalue weighted by molar-refractivity contribution is 0.102. The third-order valence-electron chi connectivity index (χ3n) is 3.53. The van der Waals surface area contributed by atoms with Crippen LogP contribution in [0.4, 0.5) is 5.69 Å². The van der Waals surface area contributed by atoms with Gasteiger partial charge in [-0.2, -0.15) is 0 Å². The molecule has 1 aliphatic rings. The van der Waals surface area contributed by atoms with Crippen molar-refractivity contribution in [1.29, 1.82) is 0 Å². The van der Waals surface area contributed by atoms with Crippen LogP contribution >= 0.6 is 0 Å². The van der Waals surface area contributed by atoms with Gasteiger partial charge in [-0.05, 0) is 55.5 Å². The zero-order valence-corrected chi connectivity index (χ0v) is 11.0. The van der Waals surface area contributed by atoms with Gasteiger partial charge in [0, 0.05) is 11.3 Å². The molecule has 19 heavy (non-hydrogen) atoms. The van der Waals surface area contributed by atoms with Gasteiger partial charge in [-0.3, -0.25) is 4.79 Å². The van der Waals surface area contributed by atoms with Gasteiger partial charge < -0.3 is 5.32 Å². The first-order valence-electron chi connectivity index (χ1n) is 6.70. The Morgan fingerprint density at radius 2 is 1.63 bits per heavy atom. The lowest BCUT2D eigenvalue weighted by atomic mass is 10.1. The van der Waals surface area contributed by atoms with Crippen LogP contribution in [0.5, 0.6) is 0 Å². The van der Waals surface area contributed by atoms with Gasteiger partial charge in [-0.1, -0.05) is 29.8 Å². The lowest BCUT2D eigenvalue weighted by Crippen LogP contribution is -2.11. The predicted molar refractivity (Wildman–Crippen MR) is 77.5 cm³/mol. The van der Waals surface area contributed by atoms with E-state index >= 15 is 0 Å². The topological polar surface area (TPSA) is 29.1 Å². The van der Waals surface area contributed by atoms with Crippen LogP contribution in [0.1, 0.15) is 40.2 Å². The minimum Gasteiger partial charge on any atom is -0.322 e. The van der Waals surface area contributed by atoms with Gasteiger partial charge in [0.05, 0.1) is 0 Å². The Hall–Kier alpha value is -2.09. The fourth-order valence-corrected chi connectivity index (χ4v) is 2.16. The van der Waals surface area contributed by atoms with Crippen molar-refractivity contribution in [3.8, 4) is 0 Å². The molecule has 2 nitrogen and oxygen atoms in total. The van der Waals surface area contributed by atoms with Gasteiger partial charge in [-0.25, -0.2) is 0 Å². The number of hydrogen-bond donors (Lipinski definition) is 1. The van der Waals surface area contributed by atoms with Gasteiger partial charge in [0.25, 0.3) is 5.91 Å². The van der Waals surface area contributed by atoms with Crippen LogP contribution in [-0.2, 0) is 0 Å². The summed E-state index contributed by atoms with van der Waals surface area (Å²) in [6, 6.07) is 15.8. The summed E-state index contributed by atoms with van der Waals surface area (Å²) < 4.78 is 0. The first kappa shape index (κ1) is 12.0. The molecule has 1 saturated carbocycles. The number of rotatable bonds is 3. The number of anilines is 1. The van der Waals surface area contributed by atoms with Crippen LogP contribution < -0.4 is 5.32 Å². The molecule has 2 aromatic rings. The average Bonchev–Trinajstić information content (AvgIpc) is 3.25. The molecule has 0 heterocycles. The molecule has 3 rings (SSSR count). The van der Waals surface area contributed by atoms with Crippen molar-refractivity contribution in [2.45, 2.75) is 25.7 Å². The Kier molecular flexibility index (Phi) is 3.08. The first-order chi connectivity index (χ1) is 9.22. The second kappa shape index (κ2) is 4.88. The zero-order chi connectivity index (χ0) is 13.2. The van der Waals surface area contributed by atoms with Gasteiger partial charge in [-0.15, -0.1) is 0 Å². The van der Waals surface area contributed by atoms with E-state index in [9.17, 15) is 4.79 Å². The number of nitrogens with one attached hydrogen (secondary N) is 1. The number of amides is 1.